The van der Waals surface area contributed by atoms with E-state index in [4.69, 9.17) is 0 Å². The molecule has 1 saturated heterocycles. The molecule has 3 aromatic heterocycles. The van der Waals surface area contributed by atoms with Gasteiger partial charge < -0.3 is 4.90 Å². The standard InChI is InChI=1S/C14H16N8O/c23-13(9-21-10-15-18-19-21)20-6-3-4-11(8-20)14-17-16-12-5-1-2-7-22(12)14/h1-2,5,7,10-11H,3-4,6,8-9H2/t11-/m0/s1. The number of carbonyl (C=O) groups is 1. The Labute approximate surface area is 131 Å². The molecule has 0 radical (unpaired) electrons. The maximum atomic E-state index is 12.4. The Kier molecular flexibility index (Phi) is 3.45. The van der Waals surface area contributed by atoms with Crippen molar-refractivity contribution < 1.29 is 4.79 Å². The van der Waals surface area contributed by atoms with Gasteiger partial charge in [-0.15, -0.1) is 15.3 Å². The lowest BCUT2D eigenvalue weighted by Gasteiger charge is -2.31. The molecule has 0 spiro atoms. The Bertz CT molecular complexity index is 811. The molecule has 3 aromatic rings. The molecular weight excluding hydrogens is 296 g/mol. The Morgan fingerprint density at radius 1 is 1.30 bits per heavy atom. The topological polar surface area (TPSA) is 94.1 Å². The summed E-state index contributed by atoms with van der Waals surface area (Å²) in [5, 5.41) is 19.4. The Hall–Kier alpha value is -2.84. The number of carbonyl (C=O) groups excluding carboxylic acids is 1. The van der Waals surface area contributed by atoms with Gasteiger partial charge in [0, 0.05) is 25.2 Å². The number of pyridine rings is 1. The molecule has 1 fully saturated rings. The molecule has 0 aromatic carbocycles. The van der Waals surface area contributed by atoms with Gasteiger partial charge in [0.15, 0.2) is 5.65 Å². The monoisotopic (exact) mass is 312 g/mol. The number of tetrazole rings is 1. The van der Waals surface area contributed by atoms with Crippen LogP contribution >= 0.6 is 0 Å². The van der Waals surface area contributed by atoms with Crippen LogP contribution in [0, 0.1) is 0 Å². The van der Waals surface area contributed by atoms with E-state index in [1.807, 2.05) is 33.7 Å². The van der Waals surface area contributed by atoms with E-state index < -0.39 is 0 Å². The van der Waals surface area contributed by atoms with Crippen molar-refractivity contribution >= 4 is 11.6 Å². The van der Waals surface area contributed by atoms with Gasteiger partial charge in [0.25, 0.3) is 0 Å². The summed E-state index contributed by atoms with van der Waals surface area (Å²) in [7, 11) is 0. The summed E-state index contributed by atoms with van der Waals surface area (Å²) in [5.41, 5.74) is 0.833. The van der Waals surface area contributed by atoms with Crippen LogP contribution in [-0.2, 0) is 11.3 Å². The third kappa shape index (κ3) is 2.65. The molecule has 1 atom stereocenters. The number of amides is 1. The molecule has 4 heterocycles. The Morgan fingerprint density at radius 3 is 3.13 bits per heavy atom. The summed E-state index contributed by atoms with van der Waals surface area (Å²) in [5.74, 6) is 1.13. The molecule has 4 rings (SSSR count). The van der Waals surface area contributed by atoms with Crippen LogP contribution in [-0.4, -0.2) is 58.7 Å². The number of hydrogen-bond acceptors (Lipinski definition) is 6. The fourth-order valence-electron chi connectivity index (χ4n) is 3.04. The molecule has 9 heteroatoms. The van der Waals surface area contributed by atoms with Gasteiger partial charge in [0.1, 0.15) is 18.7 Å². The lowest BCUT2D eigenvalue weighted by atomic mass is 9.97. The molecule has 1 aliphatic rings. The van der Waals surface area contributed by atoms with E-state index in [2.05, 4.69) is 25.7 Å². The van der Waals surface area contributed by atoms with Crippen LogP contribution in [0.1, 0.15) is 24.6 Å². The summed E-state index contributed by atoms with van der Waals surface area (Å²) >= 11 is 0. The Balaban J connectivity index is 1.51. The molecule has 9 nitrogen and oxygen atoms in total. The van der Waals surface area contributed by atoms with Crippen molar-refractivity contribution in [3.05, 3.63) is 36.5 Å². The lowest BCUT2D eigenvalue weighted by molar-refractivity contribution is -0.133. The van der Waals surface area contributed by atoms with Crippen LogP contribution in [0.2, 0.25) is 0 Å². The number of aromatic nitrogens is 7. The average molecular weight is 312 g/mol. The predicted molar refractivity (Wildman–Crippen MR) is 79.4 cm³/mol. The molecular formula is C14H16N8O. The van der Waals surface area contributed by atoms with E-state index in [1.54, 1.807) is 0 Å². The third-order valence-corrected chi connectivity index (χ3v) is 4.17. The summed E-state index contributed by atoms with van der Waals surface area (Å²) in [6, 6.07) is 5.83. The van der Waals surface area contributed by atoms with E-state index in [1.165, 1.54) is 11.0 Å². The zero-order chi connectivity index (χ0) is 15.6. The lowest BCUT2D eigenvalue weighted by Crippen LogP contribution is -2.41. The van der Waals surface area contributed by atoms with Gasteiger partial charge in [-0.3, -0.25) is 9.20 Å². The fourth-order valence-corrected chi connectivity index (χ4v) is 3.04. The minimum absolute atomic E-state index is 0.0239. The first-order valence-corrected chi connectivity index (χ1v) is 7.59. The molecule has 0 N–H and O–H groups in total. The number of likely N-dealkylation sites (tertiary alicyclic amines) is 1. The highest BCUT2D eigenvalue weighted by molar-refractivity contribution is 5.76. The van der Waals surface area contributed by atoms with E-state index in [9.17, 15) is 4.79 Å². The molecule has 0 saturated carbocycles. The highest BCUT2D eigenvalue weighted by atomic mass is 16.2. The first-order chi connectivity index (χ1) is 11.3. The fraction of sp³-hybridized carbons (Fsp3) is 0.429. The van der Waals surface area contributed by atoms with Gasteiger partial charge in [-0.25, -0.2) is 4.68 Å². The second kappa shape index (κ2) is 5.75. The SMILES string of the molecule is O=C(Cn1cnnn1)N1CCC[C@H](c2nnc3ccccn23)C1. The average Bonchev–Trinajstić information content (AvgIpc) is 3.24. The van der Waals surface area contributed by atoms with E-state index in [0.717, 1.165) is 30.9 Å². The molecule has 1 aliphatic heterocycles. The van der Waals surface area contributed by atoms with Crippen LogP contribution in [0.5, 0.6) is 0 Å². The van der Waals surface area contributed by atoms with Crippen LogP contribution < -0.4 is 0 Å². The second-order valence-corrected chi connectivity index (χ2v) is 5.67. The van der Waals surface area contributed by atoms with Crippen LogP contribution in [0.3, 0.4) is 0 Å². The van der Waals surface area contributed by atoms with Gasteiger partial charge in [-0.2, -0.15) is 0 Å². The maximum Gasteiger partial charge on any atom is 0.244 e. The van der Waals surface area contributed by atoms with Crippen LogP contribution in [0.15, 0.2) is 30.7 Å². The van der Waals surface area contributed by atoms with Crippen molar-refractivity contribution in [3.8, 4) is 0 Å². The number of hydrogen-bond donors (Lipinski definition) is 0. The van der Waals surface area contributed by atoms with Crippen molar-refractivity contribution in [2.45, 2.75) is 25.3 Å². The summed E-state index contributed by atoms with van der Waals surface area (Å²) in [4.78, 5) is 14.3. The smallest absolute Gasteiger partial charge is 0.244 e. The molecule has 0 bridgehead atoms. The predicted octanol–water partition coefficient (Wildman–Crippen LogP) is 0.122. The van der Waals surface area contributed by atoms with E-state index in [0.29, 0.717) is 6.54 Å². The number of nitrogens with zero attached hydrogens (tertiary/aromatic N) is 8. The van der Waals surface area contributed by atoms with Gasteiger partial charge in [0.2, 0.25) is 5.91 Å². The second-order valence-electron chi connectivity index (χ2n) is 5.67. The maximum absolute atomic E-state index is 12.4. The first-order valence-electron chi connectivity index (χ1n) is 7.59. The van der Waals surface area contributed by atoms with Crippen molar-refractivity contribution in [1.29, 1.82) is 0 Å². The normalized spacial score (nSPS) is 18.4. The zero-order valence-electron chi connectivity index (χ0n) is 12.5. The van der Waals surface area contributed by atoms with Gasteiger partial charge in [-0.1, -0.05) is 6.07 Å². The van der Waals surface area contributed by atoms with Crippen molar-refractivity contribution in [3.63, 3.8) is 0 Å². The van der Waals surface area contributed by atoms with Crippen molar-refractivity contribution in [1.82, 2.24) is 39.7 Å². The summed E-state index contributed by atoms with van der Waals surface area (Å²) < 4.78 is 3.44. The largest absolute Gasteiger partial charge is 0.340 e. The minimum Gasteiger partial charge on any atom is -0.340 e. The minimum atomic E-state index is 0.0239. The highest BCUT2D eigenvalue weighted by Crippen LogP contribution is 2.26. The molecule has 1 amide bonds. The van der Waals surface area contributed by atoms with Crippen LogP contribution in [0.4, 0.5) is 0 Å². The van der Waals surface area contributed by atoms with Crippen molar-refractivity contribution in [2.24, 2.45) is 0 Å². The Morgan fingerprint density at radius 2 is 2.26 bits per heavy atom. The summed E-state index contributed by atoms with van der Waals surface area (Å²) in [6.07, 6.45) is 5.37. The van der Waals surface area contributed by atoms with Crippen LogP contribution in [0.25, 0.3) is 5.65 Å². The van der Waals surface area contributed by atoms with E-state index >= 15 is 0 Å². The van der Waals surface area contributed by atoms with Gasteiger partial charge in [0.05, 0.1) is 0 Å². The molecule has 118 valence electrons. The quantitative estimate of drug-likeness (QED) is 0.682. The molecule has 0 aliphatic carbocycles. The zero-order valence-corrected chi connectivity index (χ0v) is 12.5. The summed E-state index contributed by atoms with van der Waals surface area (Å²) in [6.45, 7) is 1.57. The van der Waals surface area contributed by atoms with Gasteiger partial charge >= 0.3 is 0 Å². The van der Waals surface area contributed by atoms with Crippen molar-refractivity contribution in [2.75, 3.05) is 13.1 Å². The molecule has 0 unspecified atom stereocenters. The van der Waals surface area contributed by atoms with Gasteiger partial charge in [-0.05, 0) is 35.4 Å². The highest BCUT2D eigenvalue weighted by Gasteiger charge is 2.28. The van der Waals surface area contributed by atoms with E-state index in [-0.39, 0.29) is 18.4 Å². The molecule has 23 heavy (non-hydrogen) atoms. The first kappa shape index (κ1) is 13.8. The number of fused-ring (bicyclic) bond motifs is 1. The number of piperidine rings is 1. The number of rotatable bonds is 3. The third-order valence-electron chi connectivity index (χ3n) is 4.17.